The van der Waals surface area contributed by atoms with Crippen LogP contribution in [0.1, 0.15) is 78.9 Å². The number of hydrogen-bond donors (Lipinski definition) is 1. The second-order valence-electron chi connectivity index (χ2n) is 6.85. The number of carbonyl (C=O) groups excluding carboxylic acids is 2. The monoisotopic (exact) mass is 465 g/mol. The molecule has 1 amide bonds. The third kappa shape index (κ3) is 14.6. The van der Waals surface area contributed by atoms with Crippen LogP contribution in [0.15, 0.2) is 72.8 Å². The summed E-state index contributed by atoms with van der Waals surface area (Å²) in [6.07, 6.45) is 0. The molecule has 3 aromatic rings. The molecule has 0 aliphatic heterocycles. The molecule has 0 unspecified atom stereocenters. The van der Waals surface area contributed by atoms with Crippen LogP contribution in [0.25, 0.3) is 0 Å². The standard InChI is InChI=1S/C9H10O.C9H12O.C8H9NO.2C2H6/c1-7-3-5-9(6-4-7)8(2)10;1-3-10-9-7-5-4-6-8(9)2;1-6-3-2-4-7(5-6)8(9)10;2*1-2/h3-6H,1-2H3;4-7H,3H2,1-2H3;2-5H,1H3,(H2,9,10);2*1-2H3. The average molecular weight is 466 g/mol. The number of ether oxygens (including phenoxy) is 1. The summed E-state index contributed by atoms with van der Waals surface area (Å²) in [5.74, 6) is 0.744. The fourth-order valence-corrected chi connectivity index (χ4v) is 2.46. The van der Waals surface area contributed by atoms with Crippen molar-refractivity contribution in [3.63, 3.8) is 0 Å². The van der Waals surface area contributed by atoms with Gasteiger partial charge in [-0.05, 0) is 58.4 Å². The van der Waals surface area contributed by atoms with Crippen molar-refractivity contribution in [1.29, 1.82) is 0 Å². The molecule has 3 rings (SSSR count). The molecule has 0 aliphatic rings. The predicted molar refractivity (Wildman–Crippen MR) is 146 cm³/mol. The number of rotatable bonds is 4. The minimum Gasteiger partial charge on any atom is -0.494 e. The maximum absolute atomic E-state index is 10.8. The van der Waals surface area contributed by atoms with Gasteiger partial charge in [-0.3, -0.25) is 9.59 Å². The zero-order valence-corrected chi connectivity index (χ0v) is 22.4. The number of Topliss-reactive ketones (excluding diaryl/α,β-unsaturated/α-hetero) is 1. The Bertz CT molecular complexity index is 947. The number of hydrogen-bond acceptors (Lipinski definition) is 3. The van der Waals surface area contributed by atoms with E-state index in [2.05, 4.69) is 0 Å². The van der Waals surface area contributed by atoms with Gasteiger partial charge in [-0.15, -0.1) is 0 Å². The molecule has 0 radical (unpaired) electrons. The molecule has 186 valence electrons. The number of primary amides is 1. The molecule has 0 spiro atoms. The number of amides is 1. The minimum absolute atomic E-state index is 0.125. The Hall–Kier alpha value is -3.40. The summed E-state index contributed by atoms with van der Waals surface area (Å²) in [7, 11) is 0. The van der Waals surface area contributed by atoms with Crippen LogP contribution in [-0.2, 0) is 0 Å². The Morgan fingerprint density at radius 3 is 1.71 bits per heavy atom. The van der Waals surface area contributed by atoms with Gasteiger partial charge in [0.2, 0.25) is 5.91 Å². The number of ketones is 1. The van der Waals surface area contributed by atoms with Gasteiger partial charge in [0, 0.05) is 11.1 Å². The van der Waals surface area contributed by atoms with Gasteiger partial charge in [-0.1, -0.05) is 93.4 Å². The van der Waals surface area contributed by atoms with Crippen LogP contribution < -0.4 is 10.5 Å². The number of benzene rings is 3. The zero-order chi connectivity index (χ0) is 26.5. The topological polar surface area (TPSA) is 69.4 Å². The average Bonchev–Trinajstić information content (AvgIpc) is 2.84. The highest BCUT2D eigenvalue weighted by Gasteiger charge is 1.97. The summed E-state index contributed by atoms with van der Waals surface area (Å²) in [5, 5.41) is 0. The van der Waals surface area contributed by atoms with E-state index in [9.17, 15) is 9.59 Å². The van der Waals surface area contributed by atoms with E-state index in [4.69, 9.17) is 10.5 Å². The summed E-state index contributed by atoms with van der Waals surface area (Å²) >= 11 is 0. The van der Waals surface area contributed by atoms with Gasteiger partial charge < -0.3 is 10.5 Å². The largest absolute Gasteiger partial charge is 0.494 e. The van der Waals surface area contributed by atoms with E-state index < -0.39 is 0 Å². The summed E-state index contributed by atoms with van der Waals surface area (Å²) < 4.78 is 5.34. The van der Waals surface area contributed by atoms with Crippen LogP contribution in [0.5, 0.6) is 5.75 Å². The lowest BCUT2D eigenvalue weighted by Gasteiger charge is -2.04. The second-order valence-corrected chi connectivity index (χ2v) is 6.85. The minimum atomic E-state index is -0.372. The molecular formula is C30H43NO3. The lowest BCUT2D eigenvalue weighted by atomic mass is 10.1. The van der Waals surface area contributed by atoms with Gasteiger partial charge in [0.05, 0.1) is 6.61 Å². The van der Waals surface area contributed by atoms with Crippen molar-refractivity contribution in [3.8, 4) is 5.75 Å². The first kappa shape index (κ1) is 32.8. The van der Waals surface area contributed by atoms with Gasteiger partial charge in [-0.25, -0.2) is 0 Å². The molecule has 0 heterocycles. The Morgan fingerprint density at radius 1 is 0.735 bits per heavy atom. The quantitative estimate of drug-likeness (QED) is 0.401. The van der Waals surface area contributed by atoms with Crippen molar-refractivity contribution in [1.82, 2.24) is 0 Å². The molecule has 0 aromatic heterocycles. The molecule has 0 saturated heterocycles. The third-order valence-corrected chi connectivity index (χ3v) is 4.15. The van der Waals surface area contributed by atoms with Gasteiger partial charge >= 0.3 is 0 Å². The molecule has 3 aromatic carbocycles. The third-order valence-electron chi connectivity index (χ3n) is 4.15. The number of carbonyl (C=O) groups is 2. The van der Waals surface area contributed by atoms with Crippen molar-refractivity contribution < 1.29 is 14.3 Å². The molecular weight excluding hydrogens is 422 g/mol. The second kappa shape index (κ2) is 20.2. The van der Waals surface area contributed by atoms with E-state index in [1.54, 1.807) is 19.1 Å². The lowest BCUT2D eigenvalue weighted by molar-refractivity contribution is 0.0996. The van der Waals surface area contributed by atoms with Crippen LogP contribution in [0.3, 0.4) is 0 Å². The maximum atomic E-state index is 10.8. The first-order chi connectivity index (χ1) is 16.2. The Labute approximate surface area is 207 Å². The first-order valence-corrected chi connectivity index (χ1v) is 11.9. The molecule has 2 N–H and O–H groups in total. The Kier molecular flexibility index (Phi) is 19.5. The van der Waals surface area contributed by atoms with Crippen molar-refractivity contribution in [2.75, 3.05) is 6.61 Å². The summed E-state index contributed by atoms with van der Waals surface area (Å²) in [6.45, 7) is 18.3. The van der Waals surface area contributed by atoms with E-state index in [1.807, 2.05) is 116 Å². The fraction of sp³-hybridized carbons (Fsp3) is 0.333. The number of para-hydroxylation sites is 1. The number of nitrogens with two attached hydrogens (primary N) is 1. The van der Waals surface area contributed by atoms with E-state index in [0.29, 0.717) is 5.56 Å². The highest BCUT2D eigenvalue weighted by Crippen LogP contribution is 2.15. The SMILES string of the molecule is CC.CC.CC(=O)c1ccc(C)cc1.CCOc1ccccc1C.Cc1cccc(C(N)=O)c1. The predicted octanol–water partition coefficient (Wildman–Crippen LogP) is 7.74. The van der Waals surface area contributed by atoms with Crippen molar-refractivity contribution in [2.24, 2.45) is 5.73 Å². The molecule has 34 heavy (non-hydrogen) atoms. The van der Waals surface area contributed by atoms with E-state index >= 15 is 0 Å². The summed E-state index contributed by atoms with van der Waals surface area (Å²) in [5.41, 5.74) is 9.83. The van der Waals surface area contributed by atoms with E-state index in [0.717, 1.165) is 23.5 Å². The molecule has 4 nitrogen and oxygen atoms in total. The van der Waals surface area contributed by atoms with Gasteiger partial charge in [0.25, 0.3) is 0 Å². The van der Waals surface area contributed by atoms with Crippen LogP contribution in [0.2, 0.25) is 0 Å². The molecule has 0 fully saturated rings. The Balaban J connectivity index is 0. The van der Waals surface area contributed by atoms with Crippen LogP contribution >= 0.6 is 0 Å². The smallest absolute Gasteiger partial charge is 0.248 e. The molecule has 0 aliphatic carbocycles. The maximum Gasteiger partial charge on any atom is 0.248 e. The molecule has 0 saturated carbocycles. The summed E-state index contributed by atoms with van der Waals surface area (Å²) in [6, 6.07) is 22.8. The lowest BCUT2D eigenvalue weighted by Crippen LogP contribution is -2.10. The zero-order valence-electron chi connectivity index (χ0n) is 22.4. The van der Waals surface area contributed by atoms with Crippen molar-refractivity contribution >= 4 is 11.7 Å². The van der Waals surface area contributed by atoms with E-state index in [-0.39, 0.29) is 11.7 Å². The van der Waals surface area contributed by atoms with Gasteiger partial charge in [-0.2, -0.15) is 0 Å². The Morgan fingerprint density at radius 2 is 1.29 bits per heavy atom. The summed E-state index contributed by atoms with van der Waals surface area (Å²) in [4.78, 5) is 21.3. The normalized spacial score (nSPS) is 8.62. The first-order valence-electron chi connectivity index (χ1n) is 11.9. The van der Waals surface area contributed by atoms with Crippen molar-refractivity contribution in [2.45, 2.75) is 62.3 Å². The molecule has 4 heteroatoms. The highest BCUT2D eigenvalue weighted by molar-refractivity contribution is 5.94. The van der Waals surface area contributed by atoms with Crippen LogP contribution in [0, 0.1) is 20.8 Å². The molecule has 0 atom stereocenters. The van der Waals surface area contributed by atoms with Crippen molar-refractivity contribution in [3.05, 3.63) is 101 Å². The number of aryl methyl sites for hydroxylation is 3. The van der Waals surface area contributed by atoms with E-state index in [1.165, 1.54) is 11.1 Å². The highest BCUT2D eigenvalue weighted by atomic mass is 16.5. The molecule has 0 bridgehead atoms. The van der Waals surface area contributed by atoms with Crippen LogP contribution in [-0.4, -0.2) is 18.3 Å². The van der Waals surface area contributed by atoms with Crippen LogP contribution in [0.4, 0.5) is 0 Å². The fourth-order valence-electron chi connectivity index (χ4n) is 2.46. The van der Waals surface area contributed by atoms with Gasteiger partial charge in [0.1, 0.15) is 5.75 Å². The van der Waals surface area contributed by atoms with Gasteiger partial charge in [0.15, 0.2) is 5.78 Å².